The number of piperidine rings is 1. The number of hydrogen-bond donors (Lipinski definition) is 2. The predicted molar refractivity (Wildman–Crippen MR) is 136 cm³/mol. The molecule has 0 spiro atoms. The molecule has 3 rings (SSSR count). The number of rotatable bonds is 9. The SMILES string of the molecule is CC(C)(C)OC[C@@H](CC=O)[C@@]1(CC(=O)O)C[C@H](c2cccc(Cl)c2)[C@@H](c2ccc(Cl)cc2)NC1=O. The molecule has 0 bridgehead atoms. The van der Waals surface area contributed by atoms with Crippen molar-refractivity contribution in [1.29, 1.82) is 0 Å². The fraction of sp³-hybridized carbons (Fsp3) is 0.444. The summed E-state index contributed by atoms with van der Waals surface area (Å²) in [6.07, 6.45) is 0.526. The molecule has 0 unspecified atom stereocenters. The lowest BCUT2D eigenvalue weighted by Crippen LogP contribution is -2.56. The Labute approximate surface area is 216 Å². The zero-order valence-corrected chi connectivity index (χ0v) is 21.6. The third kappa shape index (κ3) is 6.63. The van der Waals surface area contributed by atoms with Crippen LogP contribution >= 0.6 is 23.2 Å². The van der Waals surface area contributed by atoms with Gasteiger partial charge in [0.2, 0.25) is 5.91 Å². The van der Waals surface area contributed by atoms with E-state index < -0.39 is 41.3 Å². The van der Waals surface area contributed by atoms with Crippen molar-refractivity contribution in [3.8, 4) is 0 Å². The van der Waals surface area contributed by atoms with Crippen LogP contribution in [-0.4, -0.2) is 35.5 Å². The van der Waals surface area contributed by atoms with Crippen LogP contribution in [0.5, 0.6) is 0 Å². The highest BCUT2D eigenvalue weighted by atomic mass is 35.5. The molecule has 4 atom stereocenters. The van der Waals surface area contributed by atoms with E-state index in [1.54, 1.807) is 18.2 Å². The second-order valence-electron chi connectivity index (χ2n) is 10.1. The average molecular weight is 520 g/mol. The fourth-order valence-electron chi connectivity index (χ4n) is 4.86. The van der Waals surface area contributed by atoms with Crippen LogP contribution in [0.1, 0.15) is 63.1 Å². The van der Waals surface area contributed by atoms with Crippen LogP contribution in [0.25, 0.3) is 0 Å². The third-order valence-corrected chi connectivity index (χ3v) is 7.06. The lowest BCUT2D eigenvalue weighted by Gasteiger charge is -2.48. The number of carboxylic acids is 1. The summed E-state index contributed by atoms with van der Waals surface area (Å²) in [6, 6.07) is 14.1. The molecular weight excluding hydrogens is 489 g/mol. The van der Waals surface area contributed by atoms with Crippen LogP contribution in [0.4, 0.5) is 0 Å². The summed E-state index contributed by atoms with van der Waals surface area (Å²) in [7, 11) is 0. The van der Waals surface area contributed by atoms with Gasteiger partial charge in [-0.05, 0) is 62.6 Å². The second kappa shape index (κ2) is 11.1. The van der Waals surface area contributed by atoms with Crippen LogP contribution in [0.15, 0.2) is 48.5 Å². The average Bonchev–Trinajstić information content (AvgIpc) is 2.77. The van der Waals surface area contributed by atoms with Crippen LogP contribution in [-0.2, 0) is 19.1 Å². The molecule has 35 heavy (non-hydrogen) atoms. The van der Waals surface area contributed by atoms with Crippen molar-refractivity contribution < 1.29 is 24.2 Å². The highest BCUT2D eigenvalue weighted by molar-refractivity contribution is 6.30. The van der Waals surface area contributed by atoms with Crippen LogP contribution in [0.3, 0.4) is 0 Å². The van der Waals surface area contributed by atoms with Crippen molar-refractivity contribution in [2.45, 2.75) is 57.6 Å². The number of nitrogens with one attached hydrogen (secondary N) is 1. The normalized spacial score (nSPS) is 23.4. The predicted octanol–water partition coefficient (Wildman–Crippen LogP) is 5.82. The second-order valence-corrected chi connectivity index (χ2v) is 11.0. The van der Waals surface area contributed by atoms with Crippen molar-refractivity contribution in [3.63, 3.8) is 0 Å². The van der Waals surface area contributed by atoms with E-state index in [1.807, 2.05) is 51.1 Å². The van der Waals surface area contributed by atoms with Crippen molar-refractivity contribution in [2.75, 3.05) is 6.61 Å². The standard InChI is InChI=1S/C27H31Cl2NO5/c1-26(2,3)35-16-19(11-12-31)27(15-23(32)33)14-22(18-5-4-6-21(29)13-18)24(30-25(27)34)17-7-9-20(28)10-8-17/h4-10,12-13,19,22,24H,11,14-16H2,1-3H3,(H,30,34)(H,32,33)/t19-,22-,24-,27+/m1/s1. The molecule has 0 saturated carbocycles. The van der Waals surface area contributed by atoms with Gasteiger partial charge in [0.05, 0.1) is 30.1 Å². The summed E-state index contributed by atoms with van der Waals surface area (Å²) < 4.78 is 5.97. The quantitative estimate of drug-likeness (QED) is 0.407. The molecule has 0 radical (unpaired) electrons. The van der Waals surface area contributed by atoms with Crippen molar-refractivity contribution in [2.24, 2.45) is 11.3 Å². The molecule has 2 aromatic rings. The molecule has 2 N–H and O–H groups in total. The molecular formula is C27H31Cl2NO5. The minimum atomic E-state index is -1.35. The molecule has 1 aliphatic rings. The fourth-order valence-corrected chi connectivity index (χ4v) is 5.19. The Hall–Kier alpha value is -2.41. The first kappa shape index (κ1) is 27.2. The number of ether oxygens (including phenoxy) is 1. The molecule has 1 aliphatic heterocycles. The van der Waals surface area contributed by atoms with E-state index in [-0.39, 0.29) is 25.4 Å². The third-order valence-electron chi connectivity index (χ3n) is 6.58. The molecule has 2 aromatic carbocycles. The smallest absolute Gasteiger partial charge is 0.304 e. The molecule has 1 saturated heterocycles. The zero-order valence-electron chi connectivity index (χ0n) is 20.1. The Kier molecular flexibility index (Phi) is 8.63. The summed E-state index contributed by atoms with van der Waals surface area (Å²) >= 11 is 12.4. The highest BCUT2D eigenvalue weighted by Crippen LogP contribution is 2.51. The van der Waals surface area contributed by atoms with E-state index in [0.29, 0.717) is 10.0 Å². The van der Waals surface area contributed by atoms with Crippen LogP contribution in [0, 0.1) is 11.3 Å². The zero-order chi connectivity index (χ0) is 25.8. The van der Waals surface area contributed by atoms with Gasteiger partial charge >= 0.3 is 5.97 Å². The Morgan fingerprint density at radius 3 is 2.43 bits per heavy atom. The number of benzene rings is 2. The van der Waals surface area contributed by atoms with E-state index in [2.05, 4.69) is 5.32 Å². The number of hydrogen-bond acceptors (Lipinski definition) is 4. The maximum Gasteiger partial charge on any atom is 0.304 e. The van der Waals surface area contributed by atoms with E-state index >= 15 is 0 Å². The highest BCUT2D eigenvalue weighted by Gasteiger charge is 2.53. The first-order chi connectivity index (χ1) is 16.4. The van der Waals surface area contributed by atoms with Crippen LogP contribution in [0.2, 0.25) is 10.0 Å². The van der Waals surface area contributed by atoms with Gasteiger partial charge in [0.1, 0.15) is 6.29 Å². The lowest BCUT2D eigenvalue weighted by atomic mass is 9.61. The minimum absolute atomic E-state index is 0.00462. The summed E-state index contributed by atoms with van der Waals surface area (Å²) in [6.45, 7) is 5.71. The molecule has 6 nitrogen and oxygen atoms in total. The van der Waals surface area contributed by atoms with Crippen LogP contribution < -0.4 is 5.32 Å². The maximum absolute atomic E-state index is 13.8. The van der Waals surface area contributed by atoms with Gasteiger partial charge in [-0.15, -0.1) is 0 Å². The van der Waals surface area contributed by atoms with Gasteiger partial charge in [0, 0.05) is 28.3 Å². The molecule has 1 fully saturated rings. The Morgan fingerprint density at radius 1 is 1.17 bits per heavy atom. The van der Waals surface area contributed by atoms with Crippen molar-refractivity contribution in [3.05, 3.63) is 69.7 Å². The number of amides is 1. The van der Waals surface area contributed by atoms with Gasteiger partial charge < -0.3 is 20.0 Å². The number of carbonyl (C=O) groups excluding carboxylic acids is 2. The summed E-state index contributed by atoms with van der Waals surface area (Å²) in [5.74, 6) is -2.43. The van der Waals surface area contributed by atoms with Gasteiger partial charge in [-0.25, -0.2) is 0 Å². The molecule has 1 heterocycles. The van der Waals surface area contributed by atoms with Gasteiger partial charge in [-0.2, -0.15) is 0 Å². The Balaban J connectivity index is 2.12. The maximum atomic E-state index is 13.8. The molecule has 0 aromatic heterocycles. The van der Waals surface area contributed by atoms with E-state index in [9.17, 15) is 19.5 Å². The lowest BCUT2D eigenvalue weighted by molar-refractivity contribution is -0.156. The summed E-state index contributed by atoms with van der Waals surface area (Å²) in [5.41, 5.74) is -0.161. The van der Waals surface area contributed by atoms with Crippen molar-refractivity contribution >= 4 is 41.4 Å². The first-order valence-electron chi connectivity index (χ1n) is 11.6. The van der Waals surface area contributed by atoms with E-state index in [1.165, 1.54) is 0 Å². The van der Waals surface area contributed by atoms with Gasteiger partial charge in [-0.1, -0.05) is 47.5 Å². The van der Waals surface area contributed by atoms with E-state index in [0.717, 1.165) is 17.4 Å². The minimum Gasteiger partial charge on any atom is -0.481 e. The number of carboxylic acid groups (broad SMARTS) is 1. The molecule has 0 aliphatic carbocycles. The number of halogens is 2. The molecule has 1 amide bonds. The number of carbonyl (C=O) groups is 3. The summed E-state index contributed by atoms with van der Waals surface area (Å²) in [4.78, 5) is 37.5. The number of aldehydes is 1. The Bertz CT molecular complexity index is 1070. The summed E-state index contributed by atoms with van der Waals surface area (Å²) in [5, 5.41) is 14.1. The Morgan fingerprint density at radius 2 is 1.86 bits per heavy atom. The van der Waals surface area contributed by atoms with Crippen molar-refractivity contribution in [1.82, 2.24) is 5.32 Å². The molecule has 8 heteroatoms. The van der Waals surface area contributed by atoms with E-state index in [4.69, 9.17) is 27.9 Å². The molecule has 188 valence electrons. The van der Waals surface area contributed by atoms with Gasteiger partial charge in [-0.3, -0.25) is 9.59 Å². The topological polar surface area (TPSA) is 92.7 Å². The van der Waals surface area contributed by atoms with Gasteiger partial charge in [0.15, 0.2) is 0 Å². The number of aliphatic carboxylic acids is 1. The first-order valence-corrected chi connectivity index (χ1v) is 12.3. The monoisotopic (exact) mass is 519 g/mol. The largest absolute Gasteiger partial charge is 0.481 e. The van der Waals surface area contributed by atoms with Gasteiger partial charge in [0.25, 0.3) is 0 Å².